The van der Waals surface area contributed by atoms with E-state index in [0.29, 0.717) is 0 Å². The Morgan fingerprint density at radius 1 is 1.29 bits per heavy atom. The average Bonchev–Trinajstić information content (AvgIpc) is 2.14. The molecule has 0 N–H and O–H groups in total. The highest BCUT2D eigenvalue weighted by molar-refractivity contribution is 6.83. The second kappa shape index (κ2) is 4.43. The van der Waals surface area contributed by atoms with E-state index in [4.69, 9.17) is 0 Å². The summed E-state index contributed by atoms with van der Waals surface area (Å²) >= 11 is 0. The second-order valence-corrected chi connectivity index (χ2v) is 9.14. The van der Waals surface area contributed by atoms with Crippen LogP contribution in [0.4, 0.5) is 0 Å². The van der Waals surface area contributed by atoms with Crippen molar-refractivity contribution in [2.45, 2.75) is 33.0 Å². The number of hydrogen-bond donors (Lipinski definition) is 0. The summed E-state index contributed by atoms with van der Waals surface area (Å²) in [5.41, 5.74) is 5.48. The number of pyridine rings is 1. The van der Waals surface area contributed by atoms with Gasteiger partial charge in [0.25, 0.3) is 0 Å². The highest BCUT2D eigenvalue weighted by Crippen LogP contribution is 2.01. The molecule has 0 fully saturated rings. The first kappa shape index (κ1) is 11.0. The molecule has 0 atom stereocenters. The molecule has 1 rings (SSSR count). The van der Waals surface area contributed by atoms with Crippen molar-refractivity contribution in [3.8, 4) is 11.5 Å². The van der Waals surface area contributed by atoms with Crippen LogP contribution >= 0.6 is 0 Å². The van der Waals surface area contributed by atoms with Gasteiger partial charge in [0.1, 0.15) is 8.07 Å². The van der Waals surface area contributed by atoms with Crippen molar-refractivity contribution >= 4 is 8.07 Å². The van der Waals surface area contributed by atoms with Gasteiger partial charge in [0.2, 0.25) is 0 Å². The summed E-state index contributed by atoms with van der Waals surface area (Å²) in [5.74, 6) is 3.19. The van der Waals surface area contributed by atoms with Crippen LogP contribution in [-0.4, -0.2) is 13.1 Å². The maximum Gasteiger partial charge on any atom is 0.129 e. The van der Waals surface area contributed by atoms with Crippen molar-refractivity contribution in [2.75, 3.05) is 0 Å². The van der Waals surface area contributed by atoms with Crippen LogP contribution in [0.3, 0.4) is 0 Å². The largest absolute Gasteiger partial charge is 0.260 e. The van der Waals surface area contributed by atoms with Gasteiger partial charge < -0.3 is 0 Å². The molecule has 0 spiro atoms. The van der Waals surface area contributed by atoms with Gasteiger partial charge in [-0.1, -0.05) is 32.5 Å². The molecule has 0 aromatic carbocycles. The van der Waals surface area contributed by atoms with Gasteiger partial charge in [-0.3, -0.25) is 4.98 Å². The van der Waals surface area contributed by atoms with Gasteiger partial charge in [0.15, 0.2) is 0 Å². The lowest BCUT2D eigenvalue weighted by Crippen LogP contribution is -2.16. The number of nitrogens with zero attached hydrogens (tertiary/aromatic N) is 1. The van der Waals surface area contributed by atoms with Gasteiger partial charge in [-0.05, 0) is 18.6 Å². The SMILES string of the molecule is CCc1ccc(C#C[Si](C)(C)C)cn1. The van der Waals surface area contributed by atoms with Gasteiger partial charge in [0, 0.05) is 17.5 Å². The minimum atomic E-state index is -1.25. The van der Waals surface area contributed by atoms with E-state index in [2.05, 4.69) is 49.1 Å². The monoisotopic (exact) mass is 203 g/mol. The van der Waals surface area contributed by atoms with Crippen LogP contribution in [0.5, 0.6) is 0 Å². The highest BCUT2D eigenvalue weighted by Gasteiger charge is 2.07. The lowest BCUT2D eigenvalue weighted by molar-refractivity contribution is 1.03. The van der Waals surface area contributed by atoms with Gasteiger partial charge in [-0.15, -0.1) is 5.54 Å². The van der Waals surface area contributed by atoms with Crippen molar-refractivity contribution in [2.24, 2.45) is 0 Å². The van der Waals surface area contributed by atoms with Crippen LogP contribution < -0.4 is 0 Å². The predicted octanol–water partition coefficient (Wildman–Crippen LogP) is 2.87. The fraction of sp³-hybridized carbons (Fsp3) is 0.417. The molecule has 74 valence electrons. The number of rotatable bonds is 1. The lowest BCUT2D eigenvalue weighted by Gasteiger charge is -2.03. The molecule has 14 heavy (non-hydrogen) atoms. The molecule has 0 unspecified atom stereocenters. The first-order chi connectivity index (χ1) is 6.51. The Labute approximate surface area is 87.6 Å². The molecule has 1 aromatic rings. The summed E-state index contributed by atoms with van der Waals surface area (Å²) in [5, 5.41) is 0. The fourth-order valence-electron chi connectivity index (χ4n) is 0.967. The molecule has 1 heterocycles. The van der Waals surface area contributed by atoms with E-state index in [1.807, 2.05) is 12.3 Å². The summed E-state index contributed by atoms with van der Waals surface area (Å²) in [7, 11) is -1.25. The quantitative estimate of drug-likeness (QED) is 0.505. The Bertz CT molecular complexity index is 349. The first-order valence-corrected chi connectivity index (χ1v) is 8.49. The number of aromatic nitrogens is 1. The standard InChI is InChI=1S/C12H17NSi/c1-5-12-7-6-11(10-13-12)8-9-14(2,3)4/h6-7,10H,5H2,1-4H3. The Kier molecular flexibility index (Phi) is 3.48. The van der Waals surface area contributed by atoms with E-state index < -0.39 is 8.07 Å². The minimum Gasteiger partial charge on any atom is -0.260 e. The molecule has 0 aliphatic carbocycles. The second-order valence-electron chi connectivity index (χ2n) is 4.39. The van der Waals surface area contributed by atoms with E-state index in [1.54, 1.807) is 0 Å². The van der Waals surface area contributed by atoms with Gasteiger partial charge in [-0.2, -0.15) is 0 Å². The summed E-state index contributed by atoms with van der Waals surface area (Å²) in [4.78, 5) is 4.31. The van der Waals surface area contributed by atoms with E-state index >= 15 is 0 Å². The Hall–Kier alpha value is -1.07. The van der Waals surface area contributed by atoms with Gasteiger partial charge in [-0.25, -0.2) is 0 Å². The molecular weight excluding hydrogens is 186 g/mol. The van der Waals surface area contributed by atoms with E-state index in [0.717, 1.165) is 17.7 Å². The molecule has 0 aliphatic rings. The maximum atomic E-state index is 4.31. The van der Waals surface area contributed by atoms with Crippen molar-refractivity contribution in [1.29, 1.82) is 0 Å². The van der Waals surface area contributed by atoms with Crippen LogP contribution in [0.2, 0.25) is 19.6 Å². The van der Waals surface area contributed by atoms with Crippen molar-refractivity contribution in [3.05, 3.63) is 29.6 Å². The minimum absolute atomic E-state index is 0.988. The van der Waals surface area contributed by atoms with Crippen molar-refractivity contribution in [3.63, 3.8) is 0 Å². The van der Waals surface area contributed by atoms with E-state index in [9.17, 15) is 0 Å². The zero-order valence-electron chi connectivity index (χ0n) is 9.39. The van der Waals surface area contributed by atoms with Crippen LogP contribution in [0.15, 0.2) is 18.3 Å². The van der Waals surface area contributed by atoms with Crippen LogP contribution in [0, 0.1) is 11.5 Å². The molecule has 0 amide bonds. The third-order valence-electron chi connectivity index (χ3n) is 1.77. The maximum absolute atomic E-state index is 4.31. The van der Waals surface area contributed by atoms with E-state index in [-0.39, 0.29) is 0 Å². The summed E-state index contributed by atoms with van der Waals surface area (Å²) in [6, 6.07) is 4.10. The Morgan fingerprint density at radius 2 is 2.00 bits per heavy atom. The van der Waals surface area contributed by atoms with Crippen molar-refractivity contribution < 1.29 is 0 Å². The zero-order valence-corrected chi connectivity index (χ0v) is 10.4. The van der Waals surface area contributed by atoms with Crippen molar-refractivity contribution in [1.82, 2.24) is 4.98 Å². The van der Waals surface area contributed by atoms with Gasteiger partial charge >= 0.3 is 0 Å². The molecule has 0 saturated heterocycles. The highest BCUT2D eigenvalue weighted by atomic mass is 28.3. The summed E-state index contributed by atoms with van der Waals surface area (Å²) < 4.78 is 0. The summed E-state index contributed by atoms with van der Waals surface area (Å²) in [6.45, 7) is 8.84. The van der Waals surface area contributed by atoms with Crippen LogP contribution in [-0.2, 0) is 6.42 Å². The molecule has 1 nitrogen and oxygen atoms in total. The molecule has 0 aliphatic heterocycles. The van der Waals surface area contributed by atoms with Crippen LogP contribution in [0.1, 0.15) is 18.2 Å². The fourth-order valence-corrected chi connectivity index (χ4v) is 1.49. The molecule has 0 bridgehead atoms. The van der Waals surface area contributed by atoms with Gasteiger partial charge in [0.05, 0.1) is 0 Å². The van der Waals surface area contributed by atoms with Crippen LogP contribution in [0.25, 0.3) is 0 Å². The zero-order chi connectivity index (χ0) is 10.6. The predicted molar refractivity (Wildman–Crippen MR) is 63.8 cm³/mol. The smallest absolute Gasteiger partial charge is 0.129 e. The molecular formula is C12H17NSi. The summed E-state index contributed by atoms with van der Waals surface area (Å²) in [6.07, 6.45) is 2.85. The average molecular weight is 203 g/mol. The van der Waals surface area contributed by atoms with E-state index in [1.165, 1.54) is 0 Å². The third-order valence-corrected chi connectivity index (χ3v) is 2.64. The topological polar surface area (TPSA) is 12.9 Å². The molecule has 0 saturated carbocycles. The number of hydrogen-bond acceptors (Lipinski definition) is 1. The first-order valence-electron chi connectivity index (χ1n) is 4.99. The Balaban J connectivity index is 2.82. The molecule has 1 aromatic heterocycles. The lowest BCUT2D eigenvalue weighted by atomic mass is 10.2. The molecule has 0 radical (unpaired) electrons. The number of aryl methyl sites for hydroxylation is 1. The normalized spacial score (nSPS) is 10.6. The third kappa shape index (κ3) is 3.76. The molecule has 2 heteroatoms. The Morgan fingerprint density at radius 3 is 2.43 bits per heavy atom.